The molecule has 0 aliphatic heterocycles. The Kier molecular flexibility index (Phi) is 5.97. The highest BCUT2D eigenvalue weighted by Crippen LogP contribution is 2.17. The Bertz CT molecular complexity index is 568. The number of carbonyl (C=O) groups is 2. The summed E-state index contributed by atoms with van der Waals surface area (Å²) in [7, 11) is -4.05. The van der Waals surface area contributed by atoms with Crippen molar-refractivity contribution in [3.63, 3.8) is 0 Å². The molecule has 0 amide bonds. The molecule has 1 heterocycles. The molecule has 1 aromatic heterocycles. The van der Waals surface area contributed by atoms with Gasteiger partial charge in [-0.1, -0.05) is 0 Å². The van der Waals surface area contributed by atoms with Crippen molar-refractivity contribution >= 4 is 21.7 Å². The van der Waals surface area contributed by atoms with E-state index in [0.29, 0.717) is 0 Å². The SMILES string of the molecule is CCOS(=O)(=O)C(CCC(C)=O)C(=O)c1cccnc1. The summed E-state index contributed by atoms with van der Waals surface area (Å²) >= 11 is 0. The first kappa shape index (κ1) is 16.5. The number of aromatic nitrogens is 1. The van der Waals surface area contributed by atoms with Crippen LogP contribution in [0, 0.1) is 0 Å². The molecule has 1 rings (SSSR count). The summed E-state index contributed by atoms with van der Waals surface area (Å²) in [5.41, 5.74) is 0.185. The van der Waals surface area contributed by atoms with Crippen LogP contribution in [0.4, 0.5) is 0 Å². The lowest BCUT2D eigenvalue weighted by Crippen LogP contribution is -2.32. The molecule has 0 fully saturated rings. The van der Waals surface area contributed by atoms with Crippen molar-refractivity contribution in [2.75, 3.05) is 6.61 Å². The lowest BCUT2D eigenvalue weighted by molar-refractivity contribution is -0.117. The van der Waals surface area contributed by atoms with Crippen molar-refractivity contribution in [3.05, 3.63) is 30.1 Å². The Hall–Kier alpha value is -1.60. The van der Waals surface area contributed by atoms with Gasteiger partial charge in [0, 0.05) is 24.4 Å². The van der Waals surface area contributed by atoms with E-state index in [1.54, 1.807) is 6.07 Å². The van der Waals surface area contributed by atoms with E-state index in [-0.39, 0.29) is 30.8 Å². The molecule has 0 bridgehead atoms. The van der Waals surface area contributed by atoms with Crippen molar-refractivity contribution in [1.82, 2.24) is 4.98 Å². The second-order valence-corrected chi connectivity index (χ2v) is 6.02. The topological polar surface area (TPSA) is 90.4 Å². The number of rotatable bonds is 8. The zero-order valence-electron chi connectivity index (χ0n) is 11.4. The number of Topliss-reactive ketones (excluding diaryl/α,β-unsaturated/α-hetero) is 2. The summed E-state index contributed by atoms with van der Waals surface area (Å²) in [5.74, 6) is -0.784. The zero-order valence-corrected chi connectivity index (χ0v) is 12.2. The van der Waals surface area contributed by atoms with Gasteiger partial charge >= 0.3 is 0 Å². The van der Waals surface area contributed by atoms with Gasteiger partial charge in [0.05, 0.1) is 6.61 Å². The molecule has 20 heavy (non-hydrogen) atoms. The fraction of sp³-hybridized carbons (Fsp3) is 0.462. The third-order valence-corrected chi connectivity index (χ3v) is 4.34. The second kappa shape index (κ2) is 7.25. The minimum atomic E-state index is -4.05. The van der Waals surface area contributed by atoms with Gasteiger partial charge in [-0.3, -0.25) is 14.0 Å². The van der Waals surface area contributed by atoms with E-state index in [2.05, 4.69) is 9.17 Å². The van der Waals surface area contributed by atoms with Crippen LogP contribution in [-0.2, 0) is 19.1 Å². The largest absolute Gasteiger partial charge is 0.300 e. The highest BCUT2D eigenvalue weighted by molar-refractivity contribution is 7.88. The Morgan fingerprint density at radius 3 is 2.60 bits per heavy atom. The maximum Gasteiger partial charge on any atom is 0.277 e. The number of hydrogen-bond donors (Lipinski definition) is 0. The van der Waals surface area contributed by atoms with Gasteiger partial charge in [-0.05, 0) is 32.4 Å². The Labute approximate surface area is 118 Å². The molecular formula is C13H17NO5S. The van der Waals surface area contributed by atoms with Crippen molar-refractivity contribution < 1.29 is 22.2 Å². The van der Waals surface area contributed by atoms with Crippen molar-refractivity contribution in [2.45, 2.75) is 31.9 Å². The molecule has 1 atom stereocenters. The maximum atomic E-state index is 12.3. The predicted octanol–water partition coefficient (Wildman–Crippen LogP) is 1.37. The number of ketones is 2. The first-order chi connectivity index (χ1) is 9.38. The molecule has 0 radical (unpaired) electrons. The molecule has 0 saturated heterocycles. The second-order valence-electron chi connectivity index (χ2n) is 4.23. The van der Waals surface area contributed by atoms with Crippen LogP contribution in [-0.4, -0.2) is 36.8 Å². The summed E-state index contributed by atoms with van der Waals surface area (Å²) in [6.07, 6.45) is 2.69. The van der Waals surface area contributed by atoms with Gasteiger partial charge in [-0.2, -0.15) is 8.42 Å². The summed E-state index contributed by atoms with van der Waals surface area (Å²) in [6, 6.07) is 3.03. The van der Waals surface area contributed by atoms with Crippen LogP contribution in [0.3, 0.4) is 0 Å². The molecular weight excluding hydrogens is 282 g/mol. The molecule has 0 spiro atoms. The van der Waals surface area contributed by atoms with Gasteiger partial charge in [-0.15, -0.1) is 0 Å². The van der Waals surface area contributed by atoms with Crippen molar-refractivity contribution in [1.29, 1.82) is 0 Å². The van der Waals surface area contributed by atoms with Gasteiger partial charge < -0.3 is 4.79 Å². The van der Waals surface area contributed by atoms with E-state index in [4.69, 9.17) is 0 Å². The molecule has 0 aromatic carbocycles. The molecule has 1 unspecified atom stereocenters. The minimum absolute atomic E-state index is 0.00295. The summed E-state index contributed by atoms with van der Waals surface area (Å²) < 4.78 is 28.7. The van der Waals surface area contributed by atoms with Gasteiger partial charge in [0.15, 0.2) is 5.78 Å². The van der Waals surface area contributed by atoms with Crippen LogP contribution in [0.25, 0.3) is 0 Å². The fourth-order valence-corrected chi connectivity index (χ4v) is 2.98. The van der Waals surface area contributed by atoms with Crippen molar-refractivity contribution in [3.8, 4) is 0 Å². The fourth-order valence-electron chi connectivity index (χ4n) is 1.68. The van der Waals surface area contributed by atoms with E-state index in [1.807, 2.05) is 0 Å². The normalized spacial score (nSPS) is 12.9. The Morgan fingerprint density at radius 2 is 2.10 bits per heavy atom. The minimum Gasteiger partial charge on any atom is -0.300 e. The highest BCUT2D eigenvalue weighted by Gasteiger charge is 2.34. The summed E-state index contributed by atoms with van der Waals surface area (Å²) in [4.78, 5) is 27.1. The number of pyridine rings is 1. The van der Waals surface area contributed by atoms with Crippen LogP contribution in [0.1, 0.15) is 37.0 Å². The smallest absolute Gasteiger partial charge is 0.277 e. The molecule has 0 saturated carbocycles. The monoisotopic (exact) mass is 299 g/mol. The third-order valence-electron chi connectivity index (χ3n) is 2.63. The van der Waals surface area contributed by atoms with E-state index < -0.39 is 21.2 Å². The van der Waals surface area contributed by atoms with Gasteiger partial charge in [0.2, 0.25) is 0 Å². The van der Waals surface area contributed by atoms with Gasteiger partial charge in [-0.25, -0.2) is 0 Å². The zero-order chi connectivity index (χ0) is 15.2. The molecule has 1 aromatic rings. The van der Waals surface area contributed by atoms with Crippen LogP contribution in [0.15, 0.2) is 24.5 Å². The third kappa shape index (κ3) is 4.50. The quantitative estimate of drug-likeness (QED) is 0.532. The lowest BCUT2D eigenvalue weighted by Gasteiger charge is -2.15. The van der Waals surface area contributed by atoms with Crippen LogP contribution in [0.5, 0.6) is 0 Å². The standard InChI is InChI=1S/C13H17NO5S/c1-3-19-20(17,18)12(7-6-10(2)15)13(16)11-5-4-8-14-9-11/h4-5,8-9,12H,3,6-7H2,1-2H3. The molecule has 0 aliphatic carbocycles. The molecule has 6 nitrogen and oxygen atoms in total. The molecule has 0 aliphatic rings. The van der Waals surface area contributed by atoms with E-state index in [9.17, 15) is 18.0 Å². The first-order valence-corrected chi connectivity index (χ1v) is 7.67. The average Bonchev–Trinajstić information content (AvgIpc) is 2.39. The highest BCUT2D eigenvalue weighted by atomic mass is 32.2. The predicted molar refractivity (Wildman–Crippen MR) is 72.8 cm³/mol. The van der Waals surface area contributed by atoms with Crippen LogP contribution in [0.2, 0.25) is 0 Å². The lowest BCUT2D eigenvalue weighted by atomic mass is 10.1. The number of carbonyl (C=O) groups excluding carboxylic acids is 2. The van der Waals surface area contributed by atoms with E-state index >= 15 is 0 Å². The molecule has 0 N–H and O–H groups in total. The molecule has 110 valence electrons. The number of nitrogens with zero attached hydrogens (tertiary/aromatic N) is 1. The Balaban J connectivity index is 3.04. The van der Waals surface area contributed by atoms with Gasteiger partial charge in [0.1, 0.15) is 11.0 Å². The molecule has 7 heteroatoms. The Morgan fingerprint density at radius 1 is 1.40 bits per heavy atom. The summed E-state index contributed by atoms with van der Waals surface area (Å²) in [5, 5.41) is -1.38. The number of hydrogen-bond acceptors (Lipinski definition) is 6. The first-order valence-electron chi connectivity index (χ1n) is 6.20. The van der Waals surface area contributed by atoms with E-state index in [0.717, 1.165) is 0 Å². The maximum absolute atomic E-state index is 12.3. The van der Waals surface area contributed by atoms with Gasteiger partial charge in [0.25, 0.3) is 10.1 Å². The average molecular weight is 299 g/mol. The van der Waals surface area contributed by atoms with Crippen LogP contribution < -0.4 is 0 Å². The van der Waals surface area contributed by atoms with Crippen molar-refractivity contribution in [2.24, 2.45) is 0 Å². The summed E-state index contributed by atoms with van der Waals surface area (Å²) in [6.45, 7) is 2.81. The van der Waals surface area contributed by atoms with Crippen LogP contribution >= 0.6 is 0 Å². The van der Waals surface area contributed by atoms with E-state index in [1.165, 1.54) is 32.3 Å².